The number of nitrogens with two attached hydrogens (primary N) is 1. The summed E-state index contributed by atoms with van der Waals surface area (Å²) in [5, 5.41) is 3.34. The van der Waals surface area contributed by atoms with Gasteiger partial charge in [-0.2, -0.15) is 0 Å². The van der Waals surface area contributed by atoms with Crippen LogP contribution in [0.3, 0.4) is 0 Å². The first-order valence-corrected chi connectivity index (χ1v) is 6.81. The van der Waals surface area contributed by atoms with Crippen molar-refractivity contribution in [2.75, 3.05) is 41.0 Å². The summed E-state index contributed by atoms with van der Waals surface area (Å²) >= 11 is 3.54. The van der Waals surface area contributed by atoms with Gasteiger partial charge in [0, 0.05) is 30.7 Å². The minimum Gasteiger partial charge on any atom is -0.493 e. The highest BCUT2D eigenvalue weighted by atomic mass is 79.9. The molecule has 0 aromatic heterocycles. The van der Waals surface area contributed by atoms with Crippen molar-refractivity contribution in [3.8, 4) is 11.5 Å². The molecule has 0 bridgehead atoms. The van der Waals surface area contributed by atoms with Crippen molar-refractivity contribution < 1.29 is 14.2 Å². The van der Waals surface area contributed by atoms with Crippen molar-refractivity contribution in [2.24, 2.45) is 5.73 Å². The zero-order valence-electron chi connectivity index (χ0n) is 11.5. The second kappa shape index (κ2) is 8.37. The van der Waals surface area contributed by atoms with Crippen molar-refractivity contribution >= 4 is 15.9 Å². The van der Waals surface area contributed by atoms with Crippen LogP contribution in [0.4, 0.5) is 0 Å². The SMILES string of the molecule is COCCNC(CN)c1cc(OC)c(OC)cc1Br. The molecular weight excluding hydrogens is 312 g/mol. The highest BCUT2D eigenvalue weighted by molar-refractivity contribution is 9.10. The summed E-state index contributed by atoms with van der Waals surface area (Å²) in [4.78, 5) is 0. The van der Waals surface area contributed by atoms with Gasteiger partial charge in [0.1, 0.15) is 0 Å². The van der Waals surface area contributed by atoms with Crippen LogP contribution in [0, 0.1) is 0 Å². The van der Waals surface area contributed by atoms with Crippen LogP contribution in [-0.2, 0) is 4.74 Å². The van der Waals surface area contributed by atoms with E-state index in [1.54, 1.807) is 21.3 Å². The number of benzene rings is 1. The molecule has 19 heavy (non-hydrogen) atoms. The fraction of sp³-hybridized carbons (Fsp3) is 0.538. The number of hydrogen-bond acceptors (Lipinski definition) is 5. The Hall–Kier alpha value is -0.820. The molecule has 1 rings (SSSR count). The average molecular weight is 333 g/mol. The summed E-state index contributed by atoms with van der Waals surface area (Å²) in [5.41, 5.74) is 6.86. The summed E-state index contributed by atoms with van der Waals surface area (Å²) in [6.07, 6.45) is 0. The third-order valence-electron chi connectivity index (χ3n) is 2.81. The maximum absolute atomic E-state index is 5.82. The molecule has 0 aliphatic heterocycles. The Morgan fingerprint density at radius 3 is 2.37 bits per heavy atom. The van der Waals surface area contributed by atoms with Gasteiger partial charge in [0.25, 0.3) is 0 Å². The minimum atomic E-state index is 0.0318. The molecule has 0 amide bonds. The van der Waals surface area contributed by atoms with Crippen LogP contribution in [0.15, 0.2) is 16.6 Å². The molecule has 1 aromatic rings. The Balaban J connectivity index is 2.96. The van der Waals surface area contributed by atoms with Gasteiger partial charge in [-0.25, -0.2) is 0 Å². The molecule has 6 heteroatoms. The predicted octanol–water partition coefficient (Wildman–Crippen LogP) is 1.70. The van der Waals surface area contributed by atoms with Gasteiger partial charge in [-0.3, -0.25) is 0 Å². The van der Waals surface area contributed by atoms with E-state index in [0.29, 0.717) is 24.7 Å². The lowest BCUT2D eigenvalue weighted by Crippen LogP contribution is -2.31. The van der Waals surface area contributed by atoms with Crippen molar-refractivity contribution in [3.05, 3.63) is 22.2 Å². The Morgan fingerprint density at radius 2 is 1.84 bits per heavy atom. The monoisotopic (exact) mass is 332 g/mol. The van der Waals surface area contributed by atoms with Crippen LogP contribution >= 0.6 is 15.9 Å². The van der Waals surface area contributed by atoms with E-state index >= 15 is 0 Å². The minimum absolute atomic E-state index is 0.0318. The molecule has 0 spiro atoms. The van der Waals surface area contributed by atoms with Gasteiger partial charge in [-0.15, -0.1) is 0 Å². The maximum atomic E-state index is 5.82. The lowest BCUT2D eigenvalue weighted by molar-refractivity contribution is 0.196. The molecular formula is C13H21BrN2O3. The van der Waals surface area contributed by atoms with E-state index in [4.69, 9.17) is 19.9 Å². The van der Waals surface area contributed by atoms with Gasteiger partial charge < -0.3 is 25.3 Å². The third-order valence-corrected chi connectivity index (χ3v) is 3.50. The van der Waals surface area contributed by atoms with E-state index in [1.165, 1.54) is 0 Å². The normalized spacial score (nSPS) is 12.3. The molecule has 1 atom stereocenters. The third kappa shape index (κ3) is 4.35. The Kier molecular flexibility index (Phi) is 7.15. The molecule has 1 aromatic carbocycles. The molecule has 0 aliphatic carbocycles. The summed E-state index contributed by atoms with van der Waals surface area (Å²) in [6, 6.07) is 3.85. The van der Waals surface area contributed by atoms with Crippen LogP contribution in [0.2, 0.25) is 0 Å². The van der Waals surface area contributed by atoms with Crippen molar-refractivity contribution in [1.82, 2.24) is 5.32 Å². The van der Waals surface area contributed by atoms with Crippen LogP contribution in [0.25, 0.3) is 0 Å². The van der Waals surface area contributed by atoms with E-state index in [0.717, 1.165) is 16.6 Å². The van der Waals surface area contributed by atoms with E-state index in [2.05, 4.69) is 21.2 Å². The number of hydrogen-bond donors (Lipinski definition) is 2. The van der Waals surface area contributed by atoms with Gasteiger partial charge in [0.05, 0.1) is 20.8 Å². The maximum Gasteiger partial charge on any atom is 0.161 e. The number of ether oxygens (including phenoxy) is 3. The number of methoxy groups -OCH3 is 3. The van der Waals surface area contributed by atoms with E-state index in [9.17, 15) is 0 Å². The van der Waals surface area contributed by atoms with Crippen molar-refractivity contribution in [1.29, 1.82) is 0 Å². The second-order valence-electron chi connectivity index (χ2n) is 3.96. The molecule has 0 radical (unpaired) electrons. The van der Waals surface area contributed by atoms with Gasteiger partial charge in [-0.1, -0.05) is 15.9 Å². The summed E-state index contributed by atoms with van der Waals surface area (Å²) in [6.45, 7) is 1.86. The fourth-order valence-electron chi connectivity index (χ4n) is 1.79. The lowest BCUT2D eigenvalue weighted by atomic mass is 10.1. The van der Waals surface area contributed by atoms with Gasteiger partial charge in [-0.05, 0) is 17.7 Å². The molecule has 0 heterocycles. The standard InChI is InChI=1S/C13H21BrN2O3/c1-17-5-4-16-11(8-15)9-6-12(18-2)13(19-3)7-10(9)14/h6-7,11,16H,4-5,8,15H2,1-3H3. The molecule has 108 valence electrons. The first-order valence-electron chi connectivity index (χ1n) is 6.01. The van der Waals surface area contributed by atoms with Crippen molar-refractivity contribution in [3.63, 3.8) is 0 Å². The lowest BCUT2D eigenvalue weighted by Gasteiger charge is -2.20. The molecule has 3 N–H and O–H groups in total. The van der Waals surface area contributed by atoms with Crippen molar-refractivity contribution in [2.45, 2.75) is 6.04 Å². The van der Waals surface area contributed by atoms with Gasteiger partial charge in [0.15, 0.2) is 11.5 Å². The first kappa shape index (κ1) is 16.2. The molecule has 5 nitrogen and oxygen atoms in total. The molecule has 0 saturated carbocycles. The van der Waals surface area contributed by atoms with Gasteiger partial charge >= 0.3 is 0 Å². The summed E-state index contributed by atoms with van der Waals surface area (Å²) in [5.74, 6) is 1.37. The zero-order chi connectivity index (χ0) is 14.3. The molecule has 0 aliphatic rings. The average Bonchev–Trinajstić information content (AvgIpc) is 2.44. The van der Waals surface area contributed by atoms with Crippen LogP contribution < -0.4 is 20.5 Å². The predicted molar refractivity (Wildman–Crippen MR) is 78.9 cm³/mol. The molecule has 0 fully saturated rings. The van der Waals surface area contributed by atoms with E-state index in [-0.39, 0.29) is 6.04 Å². The Labute approximate surface area is 122 Å². The Morgan fingerprint density at radius 1 is 1.21 bits per heavy atom. The highest BCUT2D eigenvalue weighted by Gasteiger charge is 2.16. The number of rotatable bonds is 8. The topological polar surface area (TPSA) is 65.7 Å². The molecule has 1 unspecified atom stereocenters. The number of halogens is 1. The zero-order valence-corrected chi connectivity index (χ0v) is 13.1. The van der Waals surface area contributed by atoms with Gasteiger partial charge in [0.2, 0.25) is 0 Å². The second-order valence-corrected chi connectivity index (χ2v) is 4.82. The Bertz CT molecular complexity index is 402. The van der Waals surface area contributed by atoms with Crippen LogP contribution in [0.1, 0.15) is 11.6 Å². The van der Waals surface area contributed by atoms with Crippen LogP contribution in [-0.4, -0.2) is 41.0 Å². The first-order chi connectivity index (χ1) is 9.17. The summed E-state index contributed by atoms with van der Waals surface area (Å²) < 4.78 is 16.5. The van der Waals surface area contributed by atoms with Crippen LogP contribution in [0.5, 0.6) is 11.5 Å². The smallest absolute Gasteiger partial charge is 0.161 e. The molecule has 0 saturated heterocycles. The largest absolute Gasteiger partial charge is 0.493 e. The van der Waals surface area contributed by atoms with E-state index < -0.39 is 0 Å². The van der Waals surface area contributed by atoms with E-state index in [1.807, 2.05) is 12.1 Å². The number of nitrogens with one attached hydrogen (secondary N) is 1. The highest BCUT2D eigenvalue weighted by Crippen LogP contribution is 2.35. The fourth-order valence-corrected chi connectivity index (χ4v) is 2.39. The summed E-state index contributed by atoms with van der Waals surface area (Å²) in [7, 11) is 4.90. The quantitative estimate of drug-likeness (QED) is 0.709.